The normalized spacial score (nSPS) is 14.6. The van der Waals surface area contributed by atoms with Gasteiger partial charge in [-0.2, -0.15) is 0 Å². The van der Waals surface area contributed by atoms with Crippen LogP contribution < -0.4 is 4.74 Å². The van der Waals surface area contributed by atoms with E-state index in [0.29, 0.717) is 19.0 Å². The minimum atomic E-state index is -0.418. The van der Waals surface area contributed by atoms with Gasteiger partial charge in [-0.1, -0.05) is 31.2 Å². The number of esters is 1. The highest BCUT2D eigenvalue weighted by Gasteiger charge is 2.31. The van der Waals surface area contributed by atoms with Crippen molar-refractivity contribution in [2.75, 3.05) is 20.8 Å². The number of amides is 1. The van der Waals surface area contributed by atoms with E-state index in [4.69, 9.17) is 9.47 Å². The van der Waals surface area contributed by atoms with Gasteiger partial charge in [-0.05, 0) is 78.3 Å². The van der Waals surface area contributed by atoms with E-state index >= 15 is 0 Å². The van der Waals surface area contributed by atoms with Crippen LogP contribution in [-0.2, 0) is 22.5 Å². The Hall–Kier alpha value is -3.67. The van der Waals surface area contributed by atoms with Gasteiger partial charge in [0.05, 0.1) is 20.1 Å². The quantitative estimate of drug-likeness (QED) is 0.451. The lowest BCUT2D eigenvalue weighted by Crippen LogP contribution is -2.36. The number of hydrogen-bond acceptors (Lipinski definition) is 5. The summed E-state index contributed by atoms with van der Waals surface area (Å²) in [6.45, 7) is 9.18. The lowest BCUT2D eigenvalue weighted by Gasteiger charge is -2.31. The largest absolute Gasteiger partial charge is 0.481 e. The summed E-state index contributed by atoms with van der Waals surface area (Å²) in [5, 5.41) is 0. The number of aromatic nitrogens is 1. The second kappa shape index (κ2) is 10.5. The number of rotatable bonds is 6. The number of carbonyl (C=O) groups excluding carboxylic acids is 2. The Labute approximate surface area is 213 Å². The molecule has 6 nitrogen and oxygen atoms in total. The van der Waals surface area contributed by atoms with Gasteiger partial charge in [0.25, 0.3) is 5.91 Å². The van der Waals surface area contributed by atoms with Crippen LogP contribution in [0, 0.1) is 26.7 Å². The van der Waals surface area contributed by atoms with Gasteiger partial charge in [0.2, 0.25) is 5.88 Å². The Balaban J connectivity index is 1.69. The van der Waals surface area contributed by atoms with E-state index in [2.05, 4.69) is 23.2 Å². The Kier molecular flexibility index (Phi) is 7.43. The molecule has 0 saturated heterocycles. The van der Waals surface area contributed by atoms with Gasteiger partial charge in [0.15, 0.2) is 0 Å². The van der Waals surface area contributed by atoms with E-state index in [0.717, 1.165) is 39.8 Å². The van der Waals surface area contributed by atoms with Crippen LogP contribution in [0.3, 0.4) is 0 Å². The summed E-state index contributed by atoms with van der Waals surface area (Å²) in [4.78, 5) is 32.3. The highest BCUT2D eigenvalue weighted by Crippen LogP contribution is 2.37. The summed E-state index contributed by atoms with van der Waals surface area (Å²) in [5.74, 6) is -0.360. The van der Waals surface area contributed by atoms with Crippen LogP contribution in [0.25, 0.3) is 0 Å². The average molecular weight is 487 g/mol. The van der Waals surface area contributed by atoms with Crippen molar-refractivity contribution in [2.24, 2.45) is 5.92 Å². The number of aryl methyl sites for hydroxylation is 3. The van der Waals surface area contributed by atoms with Crippen molar-refractivity contribution in [1.82, 2.24) is 9.88 Å². The zero-order valence-corrected chi connectivity index (χ0v) is 21.9. The molecule has 0 aliphatic carbocycles. The maximum absolute atomic E-state index is 13.3. The monoisotopic (exact) mass is 486 g/mol. The summed E-state index contributed by atoms with van der Waals surface area (Å²) in [5.41, 5.74) is 8.29. The molecule has 2 aromatic carbocycles. The van der Waals surface area contributed by atoms with Crippen LogP contribution in [0.15, 0.2) is 48.7 Å². The zero-order chi connectivity index (χ0) is 26.0. The molecule has 1 amide bonds. The maximum atomic E-state index is 13.3. The fourth-order valence-corrected chi connectivity index (χ4v) is 5.04. The molecular formula is C30H34N2O4. The Morgan fingerprint density at radius 2 is 1.72 bits per heavy atom. The summed E-state index contributed by atoms with van der Waals surface area (Å²) < 4.78 is 10.4. The summed E-state index contributed by atoms with van der Waals surface area (Å²) in [7, 11) is 3.00. The molecule has 0 spiro atoms. The first-order chi connectivity index (χ1) is 17.2. The van der Waals surface area contributed by atoms with Crippen molar-refractivity contribution in [3.63, 3.8) is 0 Å². The number of hydrogen-bond donors (Lipinski definition) is 0. The molecule has 6 heteroatoms. The van der Waals surface area contributed by atoms with Crippen LogP contribution in [0.1, 0.15) is 62.1 Å². The predicted molar refractivity (Wildman–Crippen MR) is 139 cm³/mol. The van der Waals surface area contributed by atoms with E-state index in [1.807, 2.05) is 56.9 Å². The molecule has 0 saturated carbocycles. The number of fused-ring (bicyclic) bond motifs is 1. The number of ether oxygens (including phenoxy) is 2. The van der Waals surface area contributed by atoms with E-state index < -0.39 is 5.92 Å². The molecule has 1 aromatic heterocycles. The molecule has 2 heterocycles. The molecule has 4 rings (SSSR count). The van der Waals surface area contributed by atoms with E-state index in [1.165, 1.54) is 18.2 Å². The van der Waals surface area contributed by atoms with Gasteiger partial charge in [-0.25, -0.2) is 4.98 Å². The first-order valence-electron chi connectivity index (χ1n) is 12.3. The highest BCUT2D eigenvalue weighted by atomic mass is 16.5. The number of benzene rings is 2. The fraction of sp³-hybridized carbons (Fsp3) is 0.367. The standard InChI is InChI=1S/C30H34N2O4/c1-18-7-8-24(13-19(18)2)29(33)32-12-11-22-9-10-23(15-25(22)17-32)28(21(4)30(34)36-6)26-16-31-27(35-5)14-20(26)3/h7-10,13-16,21,28H,11-12,17H2,1-6H3. The fourth-order valence-electron chi connectivity index (χ4n) is 5.04. The molecule has 0 bridgehead atoms. The lowest BCUT2D eigenvalue weighted by molar-refractivity contribution is -0.145. The first-order valence-corrected chi connectivity index (χ1v) is 12.3. The first kappa shape index (κ1) is 25.4. The third-order valence-corrected chi connectivity index (χ3v) is 7.39. The molecule has 0 radical (unpaired) electrons. The van der Waals surface area contributed by atoms with Crippen molar-refractivity contribution in [1.29, 1.82) is 0 Å². The van der Waals surface area contributed by atoms with Crippen LogP contribution in [0.4, 0.5) is 0 Å². The van der Waals surface area contributed by atoms with Crippen molar-refractivity contribution >= 4 is 11.9 Å². The number of methoxy groups -OCH3 is 2. The van der Waals surface area contributed by atoms with Crippen LogP contribution in [0.5, 0.6) is 5.88 Å². The van der Waals surface area contributed by atoms with Crippen molar-refractivity contribution < 1.29 is 19.1 Å². The third-order valence-electron chi connectivity index (χ3n) is 7.39. The molecule has 0 N–H and O–H groups in total. The minimum Gasteiger partial charge on any atom is -0.481 e. The number of nitrogens with zero attached hydrogens (tertiary/aromatic N) is 2. The Bertz CT molecular complexity index is 1300. The van der Waals surface area contributed by atoms with Crippen LogP contribution >= 0.6 is 0 Å². The van der Waals surface area contributed by atoms with Crippen LogP contribution in [0.2, 0.25) is 0 Å². The average Bonchev–Trinajstić information content (AvgIpc) is 2.89. The van der Waals surface area contributed by atoms with Gasteiger partial charge in [0.1, 0.15) is 0 Å². The van der Waals surface area contributed by atoms with Crippen molar-refractivity contribution in [2.45, 2.75) is 46.6 Å². The van der Waals surface area contributed by atoms with Gasteiger partial charge in [0, 0.05) is 36.8 Å². The van der Waals surface area contributed by atoms with Gasteiger partial charge in [-0.3, -0.25) is 9.59 Å². The van der Waals surface area contributed by atoms with Gasteiger partial charge >= 0.3 is 5.97 Å². The van der Waals surface area contributed by atoms with E-state index in [-0.39, 0.29) is 17.8 Å². The molecule has 188 valence electrons. The minimum absolute atomic E-state index is 0.0452. The Morgan fingerprint density at radius 1 is 0.944 bits per heavy atom. The molecule has 36 heavy (non-hydrogen) atoms. The Morgan fingerprint density at radius 3 is 2.39 bits per heavy atom. The smallest absolute Gasteiger partial charge is 0.309 e. The summed E-state index contributed by atoms with van der Waals surface area (Å²) in [6.07, 6.45) is 2.58. The second-order valence-corrected chi connectivity index (χ2v) is 9.68. The molecule has 0 fully saturated rings. The molecule has 1 aliphatic heterocycles. The number of carbonyl (C=O) groups is 2. The highest BCUT2D eigenvalue weighted by molar-refractivity contribution is 5.94. The third kappa shape index (κ3) is 4.99. The van der Waals surface area contributed by atoms with Crippen LogP contribution in [-0.4, -0.2) is 42.5 Å². The molecular weight excluding hydrogens is 452 g/mol. The van der Waals surface area contributed by atoms with Crippen molar-refractivity contribution in [3.05, 3.63) is 93.2 Å². The summed E-state index contributed by atoms with van der Waals surface area (Å²) >= 11 is 0. The van der Waals surface area contributed by atoms with E-state index in [1.54, 1.807) is 13.3 Å². The molecule has 1 aliphatic rings. The maximum Gasteiger partial charge on any atom is 0.309 e. The van der Waals surface area contributed by atoms with E-state index in [9.17, 15) is 9.59 Å². The zero-order valence-electron chi connectivity index (χ0n) is 21.9. The van der Waals surface area contributed by atoms with Gasteiger partial charge in [-0.15, -0.1) is 0 Å². The predicted octanol–water partition coefficient (Wildman–Crippen LogP) is 5.15. The molecule has 2 unspecified atom stereocenters. The number of pyridine rings is 1. The topological polar surface area (TPSA) is 68.7 Å². The summed E-state index contributed by atoms with van der Waals surface area (Å²) in [6, 6.07) is 14.1. The molecule has 3 aromatic rings. The second-order valence-electron chi connectivity index (χ2n) is 9.68. The van der Waals surface area contributed by atoms with Gasteiger partial charge < -0.3 is 14.4 Å². The van der Waals surface area contributed by atoms with Crippen molar-refractivity contribution in [3.8, 4) is 5.88 Å². The molecule has 2 atom stereocenters. The lowest BCUT2D eigenvalue weighted by atomic mass is 9.79. The SMILES string of the molecule is COC(=O)C(C)C(c1ccc2c(c1)CN(C(=O)c1ccc(C)c(C)c1)CC2)c1cnc(OC)cc1C.